The highest BCUT2D eigenvalue weighted by atomic mass is 35.5. The van der Waals surface area contributed by atoms with Crippen LogP contribution in [0.15, 0.2) is 36.4 Å². The van der Waals surface area contributed by atoms with E-state index in [2.05, 4.69) is 10.2 Å². The summed E-state index contributed by atoms with van der Waals surface area (Å²) in [6, 6.07) is 10.9. The zero-order valence-electron chi connectivity index (χ0n) is 21.6. The van der Waals surface area contributed by atoms with Crippen molar-refractivity contribution >= 4 is 29.9 Å². The number of aryl methyl sites for hydroxylation is 2. The summed E-state index contributed by atoms with van der Waals surface area (Å²) in [5.41, 5.74) is 4.55. The van der Waals surface area contributed by atoms with E-state index in [1.54, 1.807) is 6.07 Å². The van der Waals surface area contributed by atoms with E-state index >= 15 is 0 Å². The maximum atomic E-state index is 14.2. The molecule has 1 N–H and O–H groups in total. The smallest absolute Gasteiger partial charge is 0.229 e. The number of rotatable bonds is 9. The quantitative estimate of drug-likeness (QED) is 0.504. The Hall–Kier alpha value is -2.44. The summed E-state index contributed by atoms with van der Waals surface area (Å²) in [6.45, 7) is 8.13. The maximum Gasteiger partial charge on any atom is 0.229 e. The predicted molar refractivity (Wildman–Crippen MR) is 143 cm³/mol. The molecule has 0 aromatic heterocycles. The number of hydrogen-bond acceptors (Lipinski definition) is 3. The molecule has 0 radical (unpaired) electrons. The molecule has 0 saturated carbocycles. The van der Waals surface area contributed by atoms with E-state index in [1.165, 1.54) is 6.07 Å². The van der Waals surface area contributed by atoms with Crippen LogP contribution < -0.4 is 10.2 Å². The van der Waals surface area contributed by atoms with Crippen LogP contribution in [-0.4, -0.2) is 50.4 Å². The third-order valence-electron chi connectivity index (χ3n) is 6.57. The van der Waals surface area contributed by atoms with Crippen molar-refractivity contribution in [3.63, 3.8) is 0 Å². The zero-order valence-corrected chi connectivity index (χ0v) is 22.4. The molecule has 2 atom stereocenters. The molecule has 1 fully saturated rings. The zero-order chi connectivity index (χ0) is 24.8. The highest BCUT2D eigenvalue weighted by Crippen LogP contribution is 2.34. The molecule has 0 unspecified atom stereocenters. The number of benzene rings is 2. The van der Waals surface area contributed by atoms with Crippen LogP contribution in [0, 0.1) is 31.5 Å². The first-order valence-electron chi connectivity index (χ1n) is 12.2. The molecule has 0 bridgehead atoms. The van der Waals surface area contributed by atoms with Crippen LogP contribution >= 0.6 is 12.4 Å². The summed E-state index contributed by atoms with van der Waals surface area (Å²) in [7, 11) is 4.04. The SMILES string of the molecule is Cc1cc(CC(=O)NCCCN(C)C)cc(C)c1N1C[C@@H](Cc2ccccc2F)C[C@@H](C)C1=O.Cl. The number of halogens is 2. The van der Waals surface area contributed by atoms with Crippen LogP contribution in [0.5, 0.6) is 0 Å². The number of amides is 2. The van der Waals surface area contributed by atoms with Crippen molar-refractivity contribution in [2.45, 2.75) is 46.5 Å². The Morgan fingerprint density at radius 2 is 1.83 bits per heavy atom. The Balaban J connectivity index is 0.00000432. The van der Waals surface area contributed by atoms with E-state index in [-0.39, 0.29) is 41.9 Å². The van der Waals surface area contributed by atoms with Crippen LogP contribution in [0.1, 0.15) is 42.0 Å². The Kier molecular flexibility index (Phi) is 10.7. The average Bonchev–Trinajstić information content (AvgIpc) is 2.75. The Morgan fingerprint density at radius 1 is 1.17 bits per heavy atom. The van der Waals surface area contributed by atoms with Crippen molar-refractivity contribution in [3.8, 4) is 0 Å². The van der Waals surface area contributed by atoms with Crippen LogP contribution in [-0.2, 0) is 22.4 Å². The van der Waals surface area contributed by atoms with Crippen molar-refractivity contribution in [1.82, 2.24) is 10.2 Å². The number of carbonyl (C=O) groups excluding carboxylic acids is 2. The molecule has 1 aliphatic rings. The second-order valence-electron chi connectivity index (χ2n) is 10.0. The molecular weight excluding hydrogens is 465 g/mol. The van der Waals surface area contributed by atoms with E-state index in [0.717, 1.165) is 41.8 Å². The van der Waals surface area contributed by atoms with Gasteiger partial charge < -0.3 is 15.1 Å². The van der Waals surface area contributed by atoms with Crippen molar-refractivity contribution in [2.75, 3.05) is 38.6 Å². The van der Waals surface area contributed by atoms with Crippen LogP contribution in [0.25, 0.3) is 0 Å². The first-order valence-corrected chi connectivity index (χ1v) is 12.2. The Bertz CT molecular complexity index is 1000. The molecule has 7 heteroatoms. The van der Waals surface area contributed by atoms with Crippen LogP contribution in [0.2, 0.25) is 0 Å². The van der Waals surface area contributed by atoms with Gasteiger partial charge in [0.05, 0.1) is 6.42 Å². The minimum absolute atomic E-state index is 0. The third kappa shape index (κ3) is 7.77. The topological polar surface area (TPSA) is 52.7 Å². The molecule has 2 amide bonds. The van der Waals surface area contributed by atoms with Gasteiger partial charge in [-0.3, -0.25) is 9.59 Å². The van der Waals surface area contributed by atoms with Crippen LogP contribution in [0.4, 0.5) is 10.1 Å². The minimum atomic E-state index is -0.185. The van der Waals surface area contributed by atoms with Gasteiger partial charge in [-0.05, 0) is 88.0 Å². The maximum absolute atomic E-state index is 14.2. The fraction of sp³-hybridized carbons (Fsp3) is 0.500. The number of nitrogens with one attached hydrogen (secondary N) is 1. The number of nitrogens with zero attached hydrogens (tertiary/aromatic N) is 2. The lowest BCUT2D eigenvalue weighted by Gasteiger charge is -2.38. The van der Waals surface area contributed by atoms with Gasteiger partial charge >= 0.3 is 0 Å². The molecular formula is C28H39ClFN3O2. The second-order valence-corrected chi connectivity index (χ2v) is 10.0. The predicted octanol–water partition coefficient (Wildman–Crippen LogP) is 4.71. The molecule has 3 rings (SSSR count). The molecule has 35 heavy (non-hydrogen) atoms. The number of piperidine rings is 1. The van der Waals surface area contributed by atoms with Crippen LogP contribution in [0.3, 0.4) is 0 Å². The summed E-state index contributed by atoms with van der Waals surface area (Å²) in [6.07, 6.45) is 2.61. The summed E-state index contributed by atoms with van der Waals surface area (Å²) in [4.78, 5) is 29.5. The first-order chi connectivity index (χ1) is 16.2. The van der Waals surface area contributed by atoms with Gasteiger partial charge in [0.1, 0.15) is 5.82 Å². The van der Waals surface area contributed by atoms with Gasteiger partial charge in [-0.2, -0.15) is 0 Å². The lowest BCUT2D eigenvalue weighted by Crippen LogP contribution is -2.46. The van der Waals surface area contributed by atoms with Gasteiger partial charge in [0.25, 0.3) is 0 Å². The van der Waals surface area contributed by atoms with Crippen molar-refractivity contribution in [3.05, 3.63) is 64.5 Å². The largest absolute Gasteiger partial charge is 0.356 e. The van der Waals surface area contributed by atoms with Gasteiger partial charge in [0.2, 0.25) is 11.8 Å². The average molecular weight is 504 g/mol. The van der Waals surface area contributed by atoms with E-state index < -0.39 is 0 Å². The molecule has 1 aliphatic heterocycles. The van der Waals surface area contributed by atoms with Gasteiger partial charge in [-0.25, -0.2) is 4.39 Å². The highest BCUT2D eigenvalue weighted by Gasteiger charge is 2.34. The number of carbonyl (C=O) groups is 2. The van der Waals surface area contributed by atoms with Gasteiger partial charge in [0, 0.05) is 24.7 Å². The highest BCUT2D eigenvalue weighted by molar-refractivity contribution is 5.97. The molecule has 0 aliphatic carbocycles. The fourth-order valence-corrected chi connectivity index (χ4v) is 5.06. The van der Waals surface area contributed by atoms with Gasteiger partial charge in [-0.1, -0.05) is 37.3 Å². The summed E-state index contributed by atoms with van der Waals surface area (Å²) >= 11 is 0. The monoisotopic (exact) mass is 503 g/mol. The summed E-state index contributed by atoms with van der Waals surface area (Å²) < 4.78 is 14.2. The van der Waals surface area contributed by atoms with Crippen molar-refractivity contribution < 1.29 is 14.0 Å². The lowest BCUT2D eigenvalue weighted by molar-refractivity contribution is -0.124. The molecule has 2 aromatic rings. The summed E-state index contributed by atoms with van der Waals surface area (Å²) in [5, 5.41) is 2.99. The van der Waals surface area contributed by atoms with E-state index in [4.69, 9.17) is 0 Å². The first kappa shape index (κ1) is 28.8. The van der Waals surface area contributed by atoms with Crippen molar-refractivity contribution in [1.29, 1.82) is 0 Å². The second kappa shape index (κ2) is 13.0. The van der Waals surface area contributed by atoms with E-state index in [1.807, 2.05) is 64.0 Å². The lowest BCUT2D eigenvalue weighted by atomic mass is 9.84. The standard InChI is InChI=1S/C28H38FN3O2.ClH/c1-19-13-22(17-26(33)30-11-8-12-31(4)5)14-20(2)27(19)32-18-23(15-21(3)28(32)34)16-24-9-6-7-10-25(24)29;/h6-7,9-10,13-14,21,23H,8,11-12,15-18H2,1-5H3,(H,30,33);1H/t21-,23-;/m1./s1. The Labute approximate surface area is 215 Å². The molecule has 5 nitrogen and oxygen atoms in total. The summed E-state index contributed by atoms with van der Waals surface area (Å²) in [5.74, 6) is 0.0172. The fourth-order valence-electron chi connectivity index (χ4n) is 5.06. The van der Waals surface area contributed by atoms with Gasteiger partial charge in [-0.15, -0.1) is 12.4 Å². The van der Waals surface area contributed by atoms with E-state index in [0.29, 0.717) is 31.5 Å². The third-order valence-corrected chi connectivity index (χ3v) is 6.57. The molecule has 1 saturated heterocycles. The minimum Gasteiger partial charge on any atom is -0.356 e. The van der Waals surface area contributed by atoms with Gasteiger partial charge in [0.15, 0.2) is 0 Å². The van der Waals surface area contributed by atoms with Crippen molar-refractivity contribution in [2.24, 2.45) is 11.8 Å². The number of anilines is 1. The van der Waals surface area contributed by atoms with E-state index in [9.17, 15) is 14.0 Å². The molecule has 2 aromatic carbocycles. The molecule has 1 heterocycles. The molecule has 0 spiro atoms. The molecule has 192 valence electrons. The Morgan fingerprint density at radius 3 is 2.46 bits per heavy atom. The number of hydrogen-bond donors (Lipinski definition) is 1. The normalized spacial score (nSPS) is 17.9.